The Kier molecular flexibility index (Phi) is 17.8. The summed E-state index contributed by atoms with van der Waals surface area (Å²) in [7, 11) is 0. The van der Waals surface area contributed by atoms with Crippen molar-refractivity contribution in [3.8, 4) is 11.5 Å². The molecule has 2 N–H and O–H groups in total. The number of phenolic OH excluding ortho intramolecular Hbond substituents is 2. The first kappa shape index (κ1) is 47.7. The van der Waals surface area contributed by atoms with Gasteiger partial charge in [0.15, 0.2) is 0 Å². The number of rotatable bonds is 20. The fraction of sp³-hybridized carbons (Fsp3) is 0.681. The quantitative estimate of drug-likeness (QED) is 0.0856. The molecular weight excluding hydrogens is 731 g/mol. The molecular formula is C47H77N5O2S2. The molecule has 3 aromatic rings. The van der Waals surface area contributed by atoms with E-state index in [1.165, 1.54) is 64.2 Å². The number of aromatic nitrogens is 3. The molecule has 0 radical (unpaired) electrons. The molecule has 0 atom stereocenters. The van der Waals surface area contributed by atoms with Gasteiger partial charge in [0.05, 0.1) is 11.4 Å². The lowest BCUT2D eigenvalue weighted by molar-refractivity contribution is 0.422. The van der Waals surface area contributed by atoms with Crippen LogP contribution in [0.4, 0.5) is 23.3 Å². The second kappa shape index (κ2) is 20.9. The fourth-order valence-electron chi connectivity index (χ4n) is 6.81. The van der Waals surface area contributed by atoms with Crippen molar-refractivity contribution < 1.29 is 10.2 Å². The number of benzene rings is 2. The minimum Gasteiger partial charge on any atom is -0.507 e. The van der Waals surface area contributed by atoms with E-state index in [1.54, 1.807) is 30.2 Å². The highest BCUT2D eigenvalue weighted by molar-refractivity contribution is 8.01. The number of nitrogens with zero attached hydrogens (tertiary/aromatic N) is 5. The average Bonchev–Trinajstić information content (AvgIpc) is 3.09. The van der Waals surface area contributed by atoms with Crippen molar-refractivity contribution in [3.05, 3.63) is 52.8 Å². The van der Waals surface area contributed by atoms with Crippen LogP contribution in [0, 0.1) is 0 Å². The van der Waals surface area contributed by atoms with Crippen LogP contribution in [0.2, 0.25) is 0 Å². The second-order valence-electron chi connectivity index (χ2n) is 19.7. The van der Waals surface area contributed by atoms with E-state index in [1.807, 2.05) is 0 Å². The van der Waals surface area contributed by atoms with Crippen molar-refractivity contribution in [3.63, 3.8) is 0 Å². The zero-order valence-corrected chi connectivity index (χ0v) is 39.4. The maximum Gasteiger partial charge on any atom is 0.245 e. The van der Waals surface area contributed by atoms with Gasteiger partial charge in [-0.15, -0.1) is 0 Å². The first-order valence-electron chi connectivity index (χ1n) is 21.4. The van der Waals surface area contributed by atoms with Crippen molar-refractivity contribution in [1.29, 1.82) is 0 Å². The van der Waals surface area contributed by atoms with Gasteiger partial charge in [-0.3, -0.25) is 8.61 Å². The van der Waals surface area contributed by atoms with Gasteiger partial charge >= 0.3 is 0 Å². The Morgan fingerprint density at radius 2 is 0.750 bits per heavy atom. The summed E-state index contributed by atoms with van der Waals surface area (Å²) in [5.74, 6) is 3.68. The second-order valence-corrected chi connectivity index (χ2v) is 21.7. The van der Waals surface area contributed by atoms with E-state index < -0.39 is 0 Å². The molecule has 56 heavy (non-hydrogen) atoms. The van der Waals surface area contributed by atoms with E-state index >= 15 is 0 Å². The number of phenols is 2. The van der Waals surface area contributed by atoms with Gasteiger partial charge in [-0.05, 0) is 82.7 Å². The molecule has 0 saturated heterocycles. The van der Waals surface area contributed by atoms with Gasteiger partial charge in [0.2, 0.25) is 11.9 Å². The van der Waals surface area contributed by atoms with Crippen LogP contribution < -0.4 is 8.61 Å². The Morgan fingerprint density at radius 3 is 1.04 bits per heavy atom. The normalized spacial score (nSPS) is 12.7. The van der Waals surface area contributed by atoms with Crippen LogP contribution in [0.3, 0.4) is 0 Å². The van der Waals surface area contributed by atoms with E-state index in [0.29, 0.717) is 23.4 Å². The minimum absolute atomic E-state index is 0.279. The number of hydrogen-bond acceptors (Lipinski definition) is 9. The van der Waals surface area contributed by atoms with Crippen LogP contribution in [0.15, 0.2) is 30.6 Å². The molecule has 2 aromatic carbocycles. The molecule has 0 saturated carbocycles. The first-order valence-corrected chi connectivity index (χ1v) is 23.3. The molecule has 0 aliphatic heterocycles. The Labute approximate surface area is 351 Å². The smallest absolute Gasteiger partial charge is 0.245 e. The van der Waals surface area contributed by atoms with E-state index in [2.05, 4.69) is 130 Å². The third kappa shape index (κ3) is 13.7. The average molecular weight is 808 g/mol. The molecule has 3 rings (SSSR count). The molecule has 0 fully saturated rings. The van der Waals surface area contributed by atoms with Gasteiger partial charge in [-0.25, -0.2) is 9.97 Å². The van der Waals surface area contributed by atoms with E-state index in [4.69, 9.17) is 15.0 Å². The molecule has 7 nitrogen and oxygen atoms in total. The number of unbranched alkanes of at least 4 members (excludes halogenated alkanes) is 10. The summed E-state index contributed by atoms with van der Waals surface area (Å²) in [6.45, 7) is 30.4. The molecule has 0 bridgehead atoms. The summed E-state index contributed by atoms with van der Waals surface area (Å²) in [4.78, 5) is 15.0. The van der Waals surface area contributed by atoms with Crippen LogP contribution in [0.5, 0.6) is 11.5 Å². The highest BCUT2D eigenvalue weighted by Gasteiger charge is 2.31. The van der Waals surface area contributed by atoms with E-state index in [9.17, 15) is 10.2 Å². The largest absolute Gasteiger partial charge is 0.507 e. The SMILES string of the molecule is CCCCCCCCSN(c1cc(C(C)(C)C)c(O)c(C(C)(C)C)c1)c1ncnc(N(SCCCCCCCC)c2cc(C(C)(C)C)c(O)c(C(C)(C)C)c2)n1. The molecule has 9 heteroatoms. The minimum atomic E-state index is -0.279. The third-order valence-corrected chi connectivity index (χ3v) is 12.4. The highest BCUT2D eigenvalue weighted by atomic mass is 32.2. The summed E-state index contributed by atoms with van der Waals surface area (Å²) in [5, 5.41) is 23.3. The van der Waals surface area contributed by atoms with Gasteiger partial charge in [-0.1, -0.05) is 161 Å². The summed E-state index contributed by atoms with van der Waals surface area (Å²) in [5.41, 5.74) is 4.41. The zero-order valence-electron chi connectivity index (χ0n) is 37.7. The Bertz CT molecular complexity index is 1480. The van der Waals surface area contributed by atoms with Crippen molar-refractivity contribution in [2.75, 3.05) is 20.1 Å². The van der Waals surface area contributed by atoms with Crippen molar-refractivity contribution in [1.82, 2.24) is 15.0 Å². The Hall–Kier alpha value is -2.65. The maximum atomic E-state index is 11.6. The summed E-state index contributed by atoms with van der Waals surface area (Å²) in [6.07, 6.45) is 16.3. The number of hydrogen-bond donors (Lipinski definition) is 2. The van der Waals surface area contributed by atoms with Crippen LogP contribution in [0.1, 0.15) is 196 Å². The molecule has 1 heterocycles. The lowest BCUT2D eigenvalue weighted by Gasteiger charge is -2.32. The van der Waals surface area contributed by atoms with E-state index in [-0.39, 0.29) is 21.7 Å². The standard InChI is InChI=1S/C47H77N5O2S2/c1-15-17-19-21-23-25-27-55-51(34-29-36(44(3,4)5)40(53)37(30-34)45(6,7)8)42-48-33-49-43(50-42)52(56-28-26-24-22-20-18-16-2)35-31-38(46(9,10)11)41(54)39(32-35)47(12,13)14/h29-33,53-54H,15-28H2,1-14H3. The van der Waals surface area contributed by atoms with Crippen LogP contribution >= 0.6 is 23.9 Å². The molecule has 0 aliphatic carbocycles. The summed E-state index contributed by atoms with van der Waals surface area (Å²) in [6, 6.07) is 8.49. The van der Waals surface area contributed by atoms with Gasteiger partial charge in [0.25, 0.3) is 0 Å². The molecule has 0 spiro atoms. The van der Waals surface area contributed by atoms with Gasteiger partial charge in [-0.2, -0.15) is 4.98 Å². The molecule has 314 valence electrons. The van der Waals surface area contributed by atoms with Gasteiger partial charge in [0.1, 0.15) is 17.8 Å². The molecule has 0 aliphatic rings. The topological polar surface area (TPSA) is 85.6 Å². The number of aromatic hydroxyl groups is 2. The van der Waals surface area contributed by atoms with Gasteiger partial charge in [0, 0.05) is 33.8 Å². The summed E-state index contributed by atoms with van der Waals surface area (Å²) >= 11 is 3.47. The van der Waals surface area contributed by atoms with Gasteiger partial charge < -0.3 is 10.2 Å². The predicted octanol–water partition coefficient (Wildman–Crippen LogP) is 14.8. The van der Waals surface area contributed by atoms with Crippen molar-refractivity contribution >= 4 is 47.2 Å². The highest BCUT2D eigenvalue weighted by Crippen LogP contribution is 2.46. The zero-order chi connectivity index (χ0) is 41.9. The monoisotopic (exact) mass is 808 g/mol. The van der Waals surface area contributed by atoms with Crippen LogP contribution in [0.25, 0.3) is 0 Å². The third-order valence-electron chi connectivity index (χ3n) is 10.2. The summed E-state index contributed by atoms with van der Waals surface area (Å²) < 4.78 is 4.32. The number of anilines is 4. The first-order chi connectivity index (χ1) is 26.1. The predicted molar refractivity (Wildman–Crippen MR) is 247 cm³/mol. The molecule has 0 unspecified atom stereocenters. The van der Waals surface area contributed by atoms with Crippen LogP contribution in [-0.2, 0) is 21.7 Å². The van der Waals surface area contributed by atoms with Crippen LogP contribution in [-0.4, -0.2) is 36.7 Å². The lowest BCUT2D eigenvalue weighted by atomic mass is 9.79. The Balaban J connectivity index is 2.22. The molecule has 1 aromatic heterocycles. The van der Waals surface area contributed by atoms with Crippen molar-refractivity contribution in [2.24, 2.45) is 0 Å². The van der Waals surface area contributed by atoms with E-state index in [0.717, 1.165) is 58.0 Å². The Morgan fingerprint density at radius 1 is 0.464 bits per heavy atom. The lowest BCUT2D eigenvalue weighted by Crippen LogP contribution is -2.21. The fourth-order valence-corrected chi connectivity index (χ4v) is 8.75. The maximum absolute atomic E-state index is 11.6. The molecule has 0 amide bonds. The van der Waals surface area contributed by atoms with Crippen molar-refractivity contribution in [2.45, 2.75) is 196 Å².